The summed E-state index contributed by atoms with van der Waals surface area (Å²) in [7, 11) is -1.42. The Bertz CT molecular complexity index is 64.8. The van der Waals surface area contributed by atoms with Crippen molar-refractivity contribution in [1.29, 1.82) is 5.41 Å². The van der Waals surface area contributed by atoms with Crippen LogP contribution in [0.4, 0.5) is 0 Å². The molecule has 0 aliphatic heterocycles. The lowest BCUT2D eigenvalue weighted by molar-refractivity contribution is 0.497. The molecule has 0 saturated carbocycles. The molecule has 5 heteroatoms. The Hall–Kier alpha value is -0.803. The maximum absolute atomic E-state index is 8.40. The average molecular weight is 103 g/mol. The van der Waals surface area contributed by atoms with Gasteiger partial charge in [-0.1, -0.05) is 0 Å². The maximum Gasteiger partial charge on any atom is 0.549 e. The van der Waals surface area contributed by atoms with Gasteiger partial charge in [0.15, 0.2) is 0 Å². The first-order valence-corrected chi connectivity index (χ1v) is 1.68. The van der Waals surface area contributed by atoms with Gasteiger partial charge < -0.3 is 0 Å². The van der Waals surface area contributed by atoms with Crippen LogP contribution in [0.25, 0.3) is 0 Å². The van der Waals surface area contributed by atoms with Gasteiger partial charge in [0.25, 0.3) is 0 Å². The fourth-order valence-electron chi connectivity index (χ4n) is 0. The normalized spacial score (nSPS) is 2.67. The maximum atomic E-state index is 8.40. The third kappa shape index (κ3) is 23.9. The molecular weight excluding hydrogens is 102 g/mol. The van der Waals surface area contributed by atoms with E-state index in [2.05, 4.69) is 0 Å². The number of hydrogen-bond donors (Lipinski definition) is 1. The quantitative estimate of drug-likeness (QED) is 0.250. The molecule has 0 fully saturated rings. The van der Waals surface area contributed by atoms with Crippen LogP contribution in [-0.2, 0) is 13.7 Å². The summed E-state index contributed by atoms with van der Waals surface area (Å²) in [5.74, 6) is 0. The Balaban J connectivity index is 0. The molecule has 0 spiro atoms. The Kier molecular flexibility index (Phi) is 44.7. The van der Waals surface area contributed by atoms with E-state index in [1.165, 1.54) is 0 Å². The van der Waals surface area contributed by atoms with Crippen molar-refractivity contribution in [2.75, 3.05) is 0 Å². The second kappa shape index (κ2) is 29.9. The highest BCUT2D eigenvalue weighted by Crippen LogP contribution is 0.868. The second-order valence-corrected chi connectivity index (χ2v) is 0.352. The molecule has 1 N–H and O–H groups in total. The molecule has 32 valence electrons. The Labute approximate surface area is 35.6 Å². The minimum Gasteiger partial charge on any atom is -0.274 e. The molecule has 0 aromatic rings. The number of carbonyl (C=O) groups excluding carboxylic acids is 1. The molecule has 0 rings (SSSR count). The highest BCUT2D eigenvalue weighted by atomic mass is 28.2. The molecule has 0 saturated heterocycles. The van der Waals surface area contributed by atoms with E-state index >= 15 is 0 Å². The molecule has 0 heterocycles. The smallest absolute Gasteiger partial charge is 0.274 e. The van der Waals surface area contributed by atoms with Gasteiger partial charge in [-0.2, -0.15) is 0 Å². The number of rotatable bonds is 0. The molecule has 0 aliphatic rings. The molecule has 0 amide bonds. The number of hydrogen-bond acceptors (Lipinski definition) is 4. The first-order chi connectivity index (χ1) is 2.83. The van der Waals surface area contributed by atoms with Crippen LogP contribution in [-0.4, -0.2) is 15.4 Å². The van der Waals surface area contributed by atoms with E-state index in [-0.39, 0.29) is 0 Å². The van der Waals surface area contributed by atoms with E-state index in [0.29, 0.717) is 0 Å². The molecule has 0 aliphatic carbocycles. The van der Waals surface area contributed by atoms with Crippen molar-refractivity contribution in [3.8, 4) is 0 Å². The summed E-state index contributed by atoms with van der Waals surface area (Å²) in [4.78, 5) is 8.35. The third-order valence-electron chi connectivity index (χ3n) is 0. The first kappa shape index (κ1) is 8.96. The van der Waals surface area contributed by atoms with Crippen LogP contribution in [0.1, 0.15) is 0 Å². The van der Waals surface area contributed by atoms with Crippen LogP contribution < -0.4 is 0 Å². The first-order valence-electron chi connectivity index (χ1n) is 0.862. The fraction of sp³-hybridized carbons (Fsp3) is 0. The van der Waals surface area contributed by atoms with Crippen LogP contribution in [0.3, 0.4) is 0 Å². The predicted molar refractivity (Wildman–Crippen MR) is 15.5 cm³/mol. The lowest BCUT2D eigenvalue weighted by Crippen LogP contribution is -1.26. The van der Waals surface area contributed by atoms with Gasteiger partial charge in [-0.15, -0.1) is 0 Å². The van der Waals surface area contributed by atoms with Gasteiger partial charge in [-0.3, -0.25) is 8.92 Å². The van der Waals surface area contributed by atoms with Crippen LogP contribution in [0.2, 0.25) is 0 Å². The molecule has 0 radical (unpaired) electrons. The van der Waals surface area contributed by atoms with Crippen molar-refractivity contribution in [3.05, 3.63) is 0 Å². The largest absolute Gasteiger partial charge is 0.549 e. The summed E-state index contributed by atoms with van der Waals surface area (Å²) in [5.41, 5.74) is 0. The van der Waals surface area contributed by atoms with Gasteiger partial charge in [-0.25, -0.2) is 10.2 Å². The Morgan fingerprint density at radius 1 is 1.50 bits per heavy atom. The summed E-state index contributed by atoms with van der Waals surface area (Å²) in [6.45, 7) is 0. The molecule has 0 bridgehead atoms. The monoisotopic (exact) mass is 103 g/mol. The summed E-state index contributed by atoms with van der Waals surface area (Å²) in [6.07, 6.45) is 0.750. The van der Waals surface area contributed by atoms with Gasteiger partial charge >= 0.3 is 9.29 Å². The summed E-state index contributed by atoms with van der Waals surface area (Å²) in [5, 5.41) is 5.40. The van der Waals surface area contributed by atoms with Crippen LogP contribution >= 0.6 is 0 Å². The van der Waals surface area contributed by atoms with Crippen molar-refractivity contribution in [2.24, 2.45) is 0 Å². The van der Waals surface area contributed by atoms with E-state index in [9.17, 15) is 0 Å². The van der Waals surface area contributed by atoms with Crippen molar-refractivity contribution in [3.63, 3.8) is 0 Å². The highest BCUT2D eigenvalue weighted by Gasteiger charge is 1.22. The van der Waals surface area contributed by atoms with E-state index in [4.69, 9.17) is 19.1 Å². The third-order valence-corrected chi connectivity index (χ3v) is 0. The van der Waals surface area contributed by atoms with E-state index < -0.39 is 9.29 Å². The predicted octanol–water partition coefficient (Wildman–Crippen LogP) is -0.717. The SMILES string of the molecule is N=C=O.O=[Si]=O. The van der Waals surface area contributed by atoms with Gasteiger partial charge in [0.05, 0.1) is 0 Å². The second-order valence-electron chi connectivity index (χ2n) is 0.185. The highest BCUT2D eigenvalue weighted by molar-refractivity contribution is 5.94. The molecule has 0 unspecified atom stereocenters. The van der Waals surface area contributed by atoms with Gasteiger partial charge in [0.1, 0.15) is 0 Å². The number of isocyanates is 1. The van der Waals surface area contributed by atoms with Crippen LogP contribution in [0, 0.1) is 5.41 Å². The summed E-state index contributed by atoms with van der Waals surface area (Å²) >= 11 is 0. The Morgan fingerprint density at radius 3 is 1.50 bits per heavy atom. The zero-order chi connectivity index (χ0) is 5.41. The lowest BCUT2D eigenvalue weighted by Gasteiger charge is -1.02. The standard InChI is InChI=1S/CHNO.O2Si/c2-1-3;1-3-2/h2H;. The van der Waals surface area contributed by atoms with E-state index in [0.717, 1.165) is 6.08 Å². The molecule has 0 atom stereocenters. The lowest BCUT2D eigenvalue weighted by atomic mass is 11.7. The summed E-state index contributed by atoms with van der Waals surface area (Å²) < 4.78 is 16.8. The fourth-order valence-corrected chi connectivity index (χ4v) is 0. The molecule has 0 aromatic heterocycles. The minimum absolute atomic E-state index is 0.750. The Morgan fingerprint density at radius 2 is 1.50 bits per heavy atom. The van der Waals surface area contributed by atoms with E-state index in [1.807, 2.05) is 0 Å². The molecule has 6 heavy (non-hydrogen) atoms. The topological polar surface area (TPSA) is 75.1 Å². The van der Waals surface area contributed by atoms with Gasteiger partial charge in [0.2, 0.25) is 6.08 Å². The van der Waals surface area contributed by atoms with Gasteiger partial charge in [-0.05, 0) is 0 Å². The van der Waals surface area contributed by atoms with Crippen LogP contribution in [0.5, 0.6) is 0 Å². The van der Waals surface area contributed by atoms with Crippen molar-refractivity contribution < 1.29 is 13.7 Å². The zero-order valence-electron chi connectivity index (χ0n) is 2.72. The zero-order valence-corrected chi connectivity index (χ0v) is 3.72. The van der Waals surface area contributed by atoms with E-state index in [1.54, 1.807) is 0 Å². The molecule has 0 aromatic carbocycles. The summed E-state index contributed by atoms with van der Waals surface area (Å²) in [6, 6.07) is 0. The van der Waals surface area contributed by atoms with Gasteiger partial charge in [0, 0.05) is 0 Å². The average Bonchev–Trinajstić information content (AvgIpc) is 1.39. The molecular formula is CHNO3Si. The minimum atomic E-state index is -1.42. The van der Waals surface area contributed by atoms with Crippen molar-refractivity contribution in [1.82, 2.24) is 0 Å². The van der Waals surface area contributed by atoms with Crippen molar-refractivity contribution >= 4 is 15.4 Å². The molecule has 4 nitrogen and oxygen atoms in total. The van der Waals surface area contributed by atoms with Crippen molar-refractivity contribution in [2.45, 2.75) is 0 Å². The van der Waals surface area contributed by atoms with Crippen LogP contribution in [0.15, 0.2) is 0 Å². The number of nitrogens with one attached hydrogen (secondary N) is 1.